The van der Waals surface area contributed by atoms with Gasteiger partial charge in [-0.25, -0.2) is 0 Å². The molecule has 0 unspecified atom stereocenters. The lowest BCUT2D eigenvalue weighted by Gasteiger charge is -2.05. The van der Waals surface area contributed by atoms with Gasteiger partial charge in [0.1, 0.15) is 0 Å². The molecule has 5 nitrogen and oxygen atoms in total. The Morgan fingerprint density at radius 1 is 1.30 bits per heavy atom. The third-order valence-electron chi connectivity index (χ3n) is 3.27. The van der Waals surface area contributed by atoms with Crippen LogP contribution in [0, 0.1) is 0 Å². The van der Waals surface area contributed by atoms with Crippen LogP contribution in [0.5, 0.6) is 0 Å². The Balaban J connectivity index is 2.16. The molecule has 0 saturated heterocycles. The molecular formula is C14H22BrN5. The Kier molecular flexibility index (Phi) is 5.37. The maximum absolute atomic E-state index is 4.62. The van der Waals surface area contributed by atoms with Gasteiger partial charge in [0.15, 0.2) is 0 Å². The molecule has 0 aliphatic rings. The Hall–Kier alpha value is -1.14. The second-order valence-electron chi connectivity index (χ2n) is 4.70. The van der Waals surface area contributed by atoms with Gasteiger partial charge in [0, 0.05) is 24.8 Å². The molecule has 2 rings (SSSR count). The lowest BCUT2D eigenvalue weighted by atomic mass is 10.3. The summed E-state index contributed by atoms with van der Waals surface area (Å²) < 4.78 is 5.14. The standard InChI is InChI=1S/C14H22BrN5/c1-4-12-14(15)13(20(6-3)18-12)10-19-9-11(8-17-19)7-16-5-2/h8-9,16H,4-7,10H2,1-3H3. The van der Waals surface area contributed by atoms with Crippen molar-refractivity contribution in [2.75, 3.05) is 6.54 Å². The number of rotatable bonds is 7. The Bertz CT molecular complexity index is 558. The monoisotopic (exact) mass is 339 g/mol. The van der Waals surface area contributed by atoms with Gasteiger partial charge in [-0.05, 0) is 35.8 Å². The zero-order valence-electron chi connectivity index (χ0n) is 12.4. The first kappa shape index (κ1) is 15.3. The Labute approximate surface area is 128 Å². The summed E-state index contributed by atoms with van der Waals surface area (Å²) in [6, 6.07) is 0. The van der Waals surface area contributed by atoms with E-state index in [1.54, 1.807) is 0 Å². The second kappa shape index (κ2) is 7.04. The van der Waals surface area contributed by atoms with Gasteiger partial charge in [-0.1, -0.05) is 13.8 Å². The van der Waals surface area contributed by atoms with Gasteiger partial charge < -0.3 is 5.32 Å². The third-order valence-corrected chi connectivity index (χ3v) is 4.19. The van der Waals surface area contributed by atoms with Crippen molar-refractivity contribution in [3.05, 3.63) is 33.8 Å². The fourth-order valence-electron chi connectivity index (χ4n) is 2.18. The van der Waals surface area contributed by atoms with Gasteiger partial charge in [-0.3, -0.25) is 9.36 Å². The molecule has 0 fully saturated rings. The molecule has 0 saturated carbocycles. The molecule has 0 atom stereocenters. The highest BCUT2D eigenvalue weighted by Gasteiger charge is 2.14. The van der Waals surface area contributed by atoms with E-state index in [0.717, 1.165) is 42.8 Å². The van der Waals surface area contributed by atoms with Crippen molar-refractivity contribution in [3.8, 4) is 0 Å². The maximum Gasteiger partial charge on any atom is 0.0839 e. The van der Waals surface area contributed by atoms with E-state index in [2.05, 4.69) is 63.1 Å². The van der Waals surface area contributed by atoms with Gasteiger partial charge in [-0.2, -0.15) is 10.2 Å². The van der Waals surface area contributed by atoms with Crippen LogP contribution in [0.2, 0.25) is 0 Å². The van der Waals surface area contributed by atoms with Crippen molar-refractivity contribution in [3.63, 3.8) is 0 Å². The smallest absolute Gasteiger partial charge is 0.0839 e. The molecule has 20 heavy (non-hydrogen) atoms. The molecule has 0 spiro atoms. The van der Waals surface area contributed by atoms with Crippen molar-refractivity contribution >= 4 is 15.9 Å². The molecule has 0 aliphatic heterocycles. The summed E-state index contributed by atoms with van der Waals surface area (Å²) in [5.74, 6) is 0. The molecule has 2 aromatic heterocycles. The summed E-state index contributed by atoms with van der Waals surface area (Å²) in [4.78, 5) is 0. The van der Waals surface area contributed by atoms with E-state index in [-0.39, 0.29) is 0 Å². The summed E-state index contributed by atoms with van der Waals surface area (Å²) in [7, 11) is 0. The van der Waals surface area contributed by atoms with Crippen LogP contribution in [0.3, 0.4) is 0 Å². The summed E-state index contributed by atoms with van der Waals surface area (Å²) in [6.45, 7) is 9.80. The third kappa shape index (κ3) is 3.30. The van der Waals surface area contributed by atoms with Gasteiger partial charge >= 0.3 is 0 Å². The van der Waals surface area contributed by atoms with Crippen LogP contribution in [0.1, 0.15) is 37.7 Å². The molecule has 0 amide bonds. The average Bonchev–Trinajstić information content (AvgIpc) is 3.03. The van der Waals surface area contributed by atoms with Crippen molar-refractivity contribution in [2.24, 2.45) is 0 Å². The lowest BCUT2D eigenvalue weighted by Crippen LogP contribution is -2.11. The van der Waals surface area contributed by atoms with Crippen molar-refractivity contribution in [1.82, 2.24) is 24.9 Å². The maximum atomic E-state index is 4.62. The fraction of sp³-hybridized carbons (Fsp3) is 0.571. The lowest BCUT2D eigenvalue weighted by molar-refractivity contribution is 0.572. The quantitative estimate of drug-likeness (QED) is 0.843. The molecule has 0 radical (unpaired) electrons. The predicted molar refractivity (Wildman–Crippen MR) is 83.7 cm³/mol. The highest BCUT2D eigenvalue weighted by atomic mass is 79.9. The van der Waals surface area contributed by atoms with E-state index in [1.807, 2.05) is 10.9 Å². The van der Waals surface area contributed by atoms with E-state index in [0.29, 0.717) is 0 Å². The zero-order chi connectivity index (χ0) is 14.5. The largest absolute Gasteiger partial charge is 0.313 e. The molecule has 0 bridgehead atoms. The summed E-state index contributed by atoms with van der Waals surface area (Å²) >= 11 is 3.67. The molecule has 0 aromatic carbocycles. The van der Waals surface area contributed by atoms with Gasteiger partial charge in [0.25, 0.3) is 0 Å². The van der Waals surface area contributed by atoms with E-state index in [9.17, 15) is 0 Å². The van der Waals surface area contributed by atoms with E-state index >= 15 is 0 Å². The van der Waals surface area contributed by atoms with Crippen LogP contribution in [-0.2, 0) is 26.1 Å². The number of halogens is 1. The first-order chi connectivity index (χ1) is 9.69. The minimum atomic E-state index is 0.744. The minimum absolute atomic E-state index is 0.744. The highest BCUT2D eigenvalue weighted by Crippen LogP contribution is 2.23. The topological polar surface area (TPSA) is 47.7 Å². The number of nitrogens with zero attached hydrogens (tertiary/aromatic N) is 4. The molecule has 2 heterocycles. The van der Waals surface area contributed by atoms with Crippen LogP contribution in [0.15, 0.2) is 16.9 Å². The van der Waals surface area contributed by atoms with Gasteiger partial charge in [0.05, 0.1) is 28.6 Å². The average molecular weight is 340 g/mol. The molecule has 110 valence electrons. The molecule has 0 aliphatic carbocycles. The number of aryl methyl sites for hydroxylation is 2. The fourth-order valence-corrected chi connectivity index (χ4v) is 2.87. The van der Waals surface area contributed by atoms with E-state index in [4.69, 9.17) is 0 Å². The van der Waals surface area contributed by atoms with Crippen LogP contribution in [-0.4, -0.2) is 26.1 Å². The molecule has 1 N–H and O–H groups in total. The van der Waals surface area contributed by atoms with Crippen LogP contribution >= 0.6 is 15.9 Å². The SMILES string of the molecule is CCNCc1cnn(Cc2c(Br)c(CC)nn2CC)c1. The summed E-state index contributed by atoms with van der Waals surface area (Å²) in [5.41, 5.74) is 3.51. The predicted octanol–water partition coefficient (Wildman–Crippen LogP) is 2.58. The number of hydrogen-bond donors (Lipinski definition) is 1. The normalized spacial score (nSPS) is 11.2. The first-order valence-electron chi connectivity index (χ1n) is 7.15. The van der Waals surface area contributed by atoms with Crippen LogP contribution < -0.4 is 5.32 Å². The van der Waals surface area contributed by atoms with Crippen LogP contribution in [0.25, 0.3) is 0 Å². The number of hydrogen-bond acceptors (Lipinski definition) is 3. The molecular weight excluding hydrogens is 318 g/mol. The van der Waals surface area contributed by atoms with Crippen molar-refractivity contribution in [2.45, 2.75) is 46.8 Å². The first-order valence-corrected chi connectivity index (χ1v) is 7.94. The molecule has 6 heteroatoms. The second-order valence-corrected chi connectivity index (χ2v) is 5.50. The van der Waals surface area contributed by atoms with E-state index < -0.39 is 0 Å². The zero-order valence-corrected chi connectivity index (χ0v) is 13.9. The van der Waals surface area contributed by atoms with E-state index in [1.165, 1.54) is 11.3 Å². The van der Waals surface area contributed by atoms with Gasteiger partial charge in [0.2, 0.25) is 0 Å². The highest BCUT2D eigenvalue weighted by molar-refractivity contribution is 9.10. The van der Waals surface area contributed by atoms with Crippen molar-refractivity contribution in [1.29, 1.82) is 0 Å². The van der Waals surface area contributed by atoms with Crippen molar-refractivity contribution < 1.29 is 0 Å². The Morgan fingerprint density at radius 3 is 2.75 bits per heavy atom. The van der Waals surface area contributed by atoms with Crippen LogP contribution in [0.4, 0.5) is 0 Å². The summed E-state index contributed by atoms with van der Waals surface area (Å²) in [5, 5.41) is 12.4. The number of aromatic nitrogens is 4. The Morgan fingerprint density at radius 2 is 2.10 bits per heavy atom. The van der Waals surface area contributed by atoms with Gasteiger partial charge in [-0.15, -0.1) is 0 Å². The number of nitrogens with one attached hydrogen (secondary N) is 1. The minimum Gasteiger partial charge on any atom is -0.313 e. The molecule has 2 aromatic rings. The summed E-state index contributed by atoms with van der Waals surface area (Å²) in [6.07, 6.45) is 4.95.